The van der Waals surface area contributed by atoms with Gasteiger partial charge in [-0.1, -0.05) is 6.92 Å². The molecule has 9 heteroatoms. The smallest absolute Gasteiger partial charge is 0.243 e. The van der Waals surface area contributed by atoms with Gasteiger partial charge in [-0.15, -0.1) is 0 Å². The van der Waals surface area contributed by atoms with Gasteiger partial charge in [0.25, 0.3) is 0 Å². The van der Waals surface area contributed by atoms with Crippen molar-refractivity contribution in [1.82, 2.24) is 9.29 Å². The molecule has 1 aliphatic heterocycles. The van der Waals surface area contributed by atoms with Crippen molar-refractivity contribution in [1.29, 1.82) is 5.26 Å². The Hall–Kier alpha value is -2.41. The lowest BCUT2D eigenvalue weighted by Crippen LogP contribution is -2.39. The molecule has 0 spiro atoms. The minimum Gasteiger partial charge on any atom is -0.419 e. The highest BCUT2D eigenvalue weighted by Gasteiger charge is 2.28. The van der Waals surface area contributed by atoms with Crippen LogP contribution in [0.15, 0.2) is 33.6 Å². The van der Waals surface area contributed by atoms with Gasteiger partial charge in [-0.05, 0) is 43.0 Å². The number of nitriles is 1. The Labute approximate surface area is 165 Å². The first-order chi connectivity index (χ1) is 13.5. The van der Waals surface area contributed by atoms with E-state index in [1.807, 2.05) is 6.07 Å². The van der Waals surface area contributed by atoms with E-state index < -0.39 is 10.0 Å². The monoisotopic (exact) mass is 404 g/mol. The van der Waals surface area contributed by atoms with Crippen LogP contribution in [-0.2, 0) is 14.8 Å². The molecule has 1 fully saturated rings. The van der Waals surface area contributed by atoms with Gasteiger partial charge in [-0.2, -0.15) is 14.6 Å². The maximum absolute atomic E-state index is 12.9. The largest absolute Gasteiger partial charge is 0.419 e. The van der Waals surface area contributed by atoms with Crippen LogP contribution < -0.4 is 5.32 Å². The van der Waals surface area contributed by atoms with Crippen molar-refractivity contribution < 1.29 is 17.6 Å². The Kier molecular flexibility index (Phi) is 6.34. The van der Waals surface area contributed by atoms with Crippen LogP contribution in [0.5, 0.6) is 0 Å². The summed E-state index contributed by atoms with van der Waals surface area (Å²) in [6.07, 6.45) is 1.93. The van der Waals surface area contributed by atoms with Gasteiger partial charge in [0.15, 0.2) is 0 Å². The van der Waals surface area contributed by atoms with E-state index in [0.717, 1.165) is 12.8 Å². The normalized spacial score (nSPS) is 18.0. The van der Waals surface area contributed by atoms with E-state index in [-0.39, 0.29) is 22.4 Å². The van der Waals surface area contributed by atoms with Crippen molar-refractivity contribution in [2.75, 3.05) is 38.7 Å². The summed E-state index contributed by atoms with van der Waals surface area (Å²) in [6, 6.07) is 8.38. The van der Waals surface area contributed by atoms with Gasteiger partial charge in [0, 0.05) is 32.3 Å². The van der Waals surface area contributed by atoms with Gasteiger partial charge in [-0.25, -0.2) is 8.42 Å². The van der Waals surface area contributed by atoms with Crippen LogP contribution >= 0.6 is 0 Å². The second-order valence-corrected chi connectivity index (χ2v) is 8.80. The van der Waals surface area contributed by atoms with Crippen molar-refractivity contribution in [3.63, 3.8) is 0 Å². The number of benzene rings is 1. The molecule has 0 saturated carbocycles. The number of oxazole rings is 1. The van der Waals surface area contributed by atoms with Crippen molar-refractivity contribution in [3.8, 4) is 17.5 Å². The quantitative estimate of drug-likeness (QED) is 0.707. The lowest BCUT2D eigenvalue weighted by Gasteiger charge is -2.30. The highest BCUT2D eigenvalue weighted by molar-refractivity contribution is 7.89. The summed E-state index contributed by atoms with van der Waals surface area (Å²) >= 11 is 0. The first-order valence-corrected chi connectivity index (χ1v) is 10.6. The first-order valence-electron chi connectivity index (χ1n) is 9.20. The molecule has 150 valence electrons. The number of aromatic nitrogens is 1. The van der Waals surface area contributed by atoms with Crippen molar-refractivity contribution in [2.24, 2.45) is 5.92 Å². The van der Waals surface area contributed by atoms with E-state index in [0.29, 0.717) is 37.7 Å². The molecule has 1 aromatic carbocycles. The lowest BCUT2D eigenvalue weighted by molar-refractivity contribution is 0.210. The highest BCUT2D eigenvalue weighted by atomic mass is 32.2. The fraction of sp³-hybridized carbons (Fsp3) is 0.474. The zero-order chi connectivity index (χ0) is 20.1. The number of nitrogens with zero attached hydrogens (tertiary/aromatic N) is 3. The summed E-state index contributed by atoms with van der Waals surface area (Å²) < 4.78 is 37.9. The minimum absolute atomic E-state index is 0.144. The number of methoxy groups -OCH3 is 1. The van der Waals surface area contributed by atoms with Gasteiger partial charge >= 0.3 is 0 Å². The average molecular weight is 404 g/mol. The second-order valence-electron chi connectivity index (χ2n) is 6.86. The molecule has 1 N–H and O–H groups in total. The third-order valence-corrected chi connectivity index (χ3v) is 6.56. The highest BCUT2D eigenvalue weighted by Crippen LogP contribution is 2.28. The van der Waals surface area contributed by atoms with Crippen LogP contribution in [-0.4, -0.2) is 51.1 Å². The molecule has 2 aromatic rings. The molecule has 2 heterocycles. The van der Waals surface area contributed by atoms with Gasteiger partial charge < -0.3 is 14.5 Å². The van der Waals surface area contributed by atoms with Crippen molar-refractivity contribution in [2.45, 2.75) is 24.7 Å². The van der Waals surface area contributed by atoms with Crippen LogP contribution in [0.1, 0.15) is 25.5 Å². The van der Waals surface area contributed by atoms with E-state index in [1.165, 1.54) is 0 Å². The molecule has 28 heavy (non-hydrogen) atoms. The van der Waals surface area contributed by atoms with E-state index in [2.05, 4.69) is 17.2 Å². The number of hydrogen-bond acceptors (Lipinski definition) is 7. The fourth-order valence-corrected chi connectivity index (χ4v) is 4.79. The van der Waals surface area contributed by atoms with Gasteiger partial charge in [0.05, 0.1) is 11.5 Å². The molecular formula is C19H24N4O4S. The molecule has 0 radical (unpaired) electrons. The number of hydrogen-bond donors (Lipinski definition) is 1. The van der Waals surface area contributed by atoms with Crippen LogP contribution in [0, 0.1) is 17.2 Å². The molecule has 1 unspecified atom stereocenters. The number of sulfonamides is 1. The summed E-state index contributed by atoms with van der Waals surface area (Å²) in [5.74, 6) is 0.893. The molecule has 1 saturated heterocycles. The zero-order valence-electron chi connectivity index (χ0n) is 16.0. The Bertz CT molecular complexity index is 947. The summed E-state index contributed by atoms with van der Waals surface area (Å²) in [4.78, 5) is 4.42. The van der Waals surface area contributed by atoms with Crippen LogP contribution in [0.25, 0.3) is 11.5 Å². The Morgan fingerprint density at radius 1 is 1.39 bits per heavy atom. The van der Waals surface area contributed by atoms with Crippen LogP contribution in [0.4, 0.5) is 5.88 Å². The number of anilines is 1. The van der Waals surface area contributed by atoms with E-state index >= 15 is 0 Å². The Morgan fingerprint density at radius 3 is 2.79 bits per heavy atom. The average Bonchev–Trinajstić information content (AvgIpc) is 3.11. The van der Waals surface area contributed by atoms with Crippen LogP contribution in [0.2, 0.25) is 0 Å². The summed E-state index contributed by atoms with van der Waals surface area (Å²) in [5.41, 5.74) is 0.743. The standard InChI is InChI=1S/C19H24N4O4S/c1-14-4-3-10-23(13-14)28(24,25)16-7-5-15(6-8-16)18-22-17(12-20)19(27-18)21-9-11-26-2/h5-8,14,21H,3-4,9-11,13H2,1-2H3. The number of ether oxygens (including phenoxy) is 1. The Balaban J connectivity index is 1.80. The Morgan fingerprint density at radius 2 is 2.14 bits per heavy atom. The first kappa shape index (κ1) is 20.3. The zero-order valence-corrected chi connectivity index (χ0v) is 16.8. The van der Waals surface area contributed by atoms with Crippen molar-refractivity contribution >= 4 is 15.9 Å². The van der Waals surface area contributed by atoms with E-state index in [1.54, 1.807) is 35.7 Å². The molecule has 3 rings (SSSR count). The SMILES string of the molecule is COCCNc1oc(-c2ccc(S(=O)(=O)N3CCCC(C)C3)cc2)nc1C#N. The number of piperidine rings is 1. The summed E-state index contributed by atoms with van der Waals surface area (Å²) in [7, 11) is -1.93. The topological polar surface area (TPSA) is 108 Å². The lowest BCUT2D eigenvalue weighted by atomic mass is 10.0. The molecule has 8 nitrogen and oxygen atoms in total. The minimum atomic E-state index is -3.51. The molecule has 1 aromatic heterocycles. The molecule has 1 aliphatic rings. The molecular weight excluding hydrogens is 380 g/mol. The third kappa shape index (κ3) is 4.35. The van der Waals surface area contributed by atoms with Gasteiger partial charge in [0.1, 0.15) is 6.07 Å². The van der Waals surface area contributed by atoms with Gasteiger partial charge in [-0.3, -0.25) is 0 Å². The summed E-state index contributed by atoms with van der Waals surface area (Å²) in [6.45, 7) is 4.11. The fourth-order valence-electron chi connectivity index (χ4n) is 3.19. The predicted octanol–water partition coefficient (Wildman–Crippen LogP) is 2.69. The second kappa shape index (κ2) is 8.73. The molecule has 0 bridgehead atoms. The maximum atomic E-state index is 12.9. The molecule has 0 amide bonds. The van der Waals surface area contributed by atoms with E-state index in [4.69, 9.17) is 9.15 Å². The van der Waals surface area contributed by atoms with Crippen molar-refractivity contribution in [3.05, 3.63) is 30.0 Å². The van der Waals surface area contributed by atoms with E-state index in [9.17, 15) is 13.7 Å². The molecule has 1 atom stereocenters. The number of rotatable bonds is 7. The maximum Gasteiger partial charge on any atom is 0.243 e. The van der Waals surface area contributed by atoms with Gasteiger partial charge in [0.2, 0.25) is 27.5 Å². The summed E-state index contributed by atoms with van der Waals surface area (Å²) in [5, 5.41) is 12.2. The van der Waals surface area contributed by atoms with Crippen LogP contribution in [0.3, 0.4) is 0 Å². The molecule has 0 aliphatic carbocycles. The predicted molar refractivity (Wildman–Crippen MR) is 104 cm³/mol. The third-order valence-electron chi connectivity index (χ3n) is 4.68. The number of nitrogens with one attached hydrogen (secondary N) is 1.